The number of methoxy groups -OCH3 is 1. The summed E-state index contributed by atoms with van der Waals surface area (Å²) in [5, 5.41) is 20.6. The second-order valence-corrected chi connectivity index (χ2v) is 5.42. The molecule has 118 valence electrons. The first-order chi connectivity index (χ1) is 11.8. The van der Waals surface area contributed by atoms with E-state index in [0.717, 1.165) is 27.7 Å². The van der Waals surface area contributed by atoms with Crippen LogP contribution in [0.4, 0.5) is 0 Å². The van der Waals surface area contributed by atoms with Crippen molar-refractivity contribution >= 4 is 10.8 Å². The van der Waals surface area contributed by atoms with Crippen molar-refractivity contribution < 1.29 is 9.84 Å². The molecule has 0 aliphatic heterocycles. The molecule has 24 heavy (non-hydrogen) atoms. The van der Waals surface area contributed by atoms with Crippen LogP contribution in [0.2, 0.25) is 0 Å². The van der Waals surface area contributed by atoms with Gasteiger partial charge in [-0.05, 0) is 29.7 Å². The van der Waals surface area contributed by atoms with Crippen LogP contribution in [-0.4, -0.2) is 27.2 Å². The second kappa shape index (κ2) is 5.70. The Hall–Kier alpha value is -3.34. The average Bonchev–Trinajstić information content (AvgIpc) is 3.10. The van der Waals surface area contributed by atoms with Crippen molar-refractivity contribution in [2.75, 3.05) is 7.11 Å². The molecule has 3 aromatic carbocycles. The third-order valence-electron chi connectivity index (χ3n) is 4.02. The molecule has 0 fully saturated rings. The molecule has 0 amide bonds. The summed E-state index contributed by atoms with van der Waals surface area (Å²) in [6, 6.07) is 19.4. The second-order valence-electron chi connectivity index (χ2n) is 5.42. The summed E-state index contributed by atoms with van der Waals surface area (Å²) in [6.45, 7) is 0. The fraction of sp³-hybridized carbons (Fsp3) is 0.0526. The Morgan fingerprint density at radius 3 is 2.67 bits per heavy atom. The normalized spacial score (nSPS) is 10.9. The van der Waals surface area contributed by atoms with Gasteiger partial charge in [-0.25, -0.2) is 4.68 Å². The Labute approximate surface area is 138 Å². The number of aromatic hydroxyl groups is 1. The Kier molecular flexibility index (Phi) is 3.39. The predicted octanol–water partition coefficient (Wildman–Crippen LogP) is 3.80. The van der Waals surface area contributed by atoms with E-state index in [4.69, 9.17) is 4.74 Å². The summed E-state index contributed by atoms with van der Waals surface area (Å²) in [5.74, 6) is 0.517. The summed E-state index contributed by atoms with van der Waals surface area (Å²) < 4.78 is 6.88. The van der Waals surface area contributed by atoms with E-state index in [0.29, 0.717) is 5.75 Å². The standard InChI is InChI=1S/C19H15N3O2/c1-24-19-10-9-14(11-18(19)23)17-12-20-21-22(17)16-8-4-6-13-5-2-3-7-15(13)16/h2-12,23H,1H3. The lowest BCUT2D eigenvalue weighted by Gasteiger charge is -2.10. The summed E-state index contributed by atoms with van der Waals surface area (Å²) in [7, 11) is 1.52. The molecule has 1 heterocycles. The summed E-state index contributed by atoms with van der Waals surface area (Å²) in [4.78, 5) is 0. The molecule has 5 nitrogen and oxygen atoms in total. The molecular weight excluding hydrogens is 302 g/mol. The third-order valence-corrected chi connectivity index (χ3v) is 4.02. The van der Waals surface area contributed by atoms with Gasteiger partial charge in [0.2, 0.25) is 0 Å². The maximum absolute atomic E-state index is 10.0. The SMILES string of the molecule is COc1ccc(-c2cnnn2-c2cccc3ccccc23)cc1O. The largest absolute Gasteiger partial charge is 0.504 e. The molecule has 0 aliphatic carbocycles. The van der Waals surface area contributed by atoms with Gasteiger partial charge in [0.05, 0.1) is 24.7 Å². The van der Waals surface area contributed by atoms with E-state index >= 15 is 0 Å². The van der Waals surface area contributed by atoms with Crippen LogP contribution in [0, 0.1) is 0 Å². The first-order valence-corrected chi connectivity index (χ1v) is 7.54. The zero-order valence-electron chi connectivity index (χ0n) is 13.0. The van der Waals surface area contributed by atoms with E-state index in [1.165, 1.54) is 7.11 Å². The minimum atomic E-state index is 0.0840. The summed E-state index contributed by atoms with van der Waals surface area (Å²) >= 11 is 0. The maximum atomic E-state index is 10.0. The van der Waals surface area contributed by atoms with Crippen molar-refractivity contribution in [2.45, 2.75) is 0 Å². The van der Waals surface area contributed by atoms with Gasteiger partial charge in [0.25, 0.3) is 0 Å². The van der Waals surface area contributed by atoms with Gasteiger partial charge in [-0.1, -0.05) is 41.6 Å². The van der Waals surface area contributed by atoms with Crippen LogP contribution in [0.15, 0.2) is 66.9 Å². The smallest absolute Gasteiger partial charge is 0.160 e. The number of benzene rings is 3. The Morgan fingerprint density at radius 2 is 1.83 bits per heavy atom. The minimum absolute atomic E-state index is 0.0840. The van der Waals surface area contributed by atoms with Crippen LogP contribution in [-0.2, 0) is 0 Å². The highest BCUT2D eigenvalue weighted by Gasteiger charge is 2.13. The lowest BCUT2D eigenvalue weighted by molar-refractivity contribution is 0.373. The monoisotopic (exact) mass is 317 g/mol. The van der Waals surface area contributed by atoms with Gasteiger partial charge in [0, 0.05) is 10.9 Å². The summed E-state index contributed by atoms with van der Waals surface area (Å²) in [5.41, 5.74) is 2.55. The lowest BCUT2D eigenvalue weighted by atomic mass is 10.1. The highest BCUT2D eigenvalue weighted by Crippen LogP contribution is 2.32. The fourth-order valence-electron chi connectivity index (χ4n) is 2.85. The molecule has 0 unspecified atom stereocenters. The molecule has 0 saturated heterocycles. The van der Waals surface area contributed by atoms with Crippen LogP contribution in [0.3, 0.4) is 0 Å². The van der Waals surface area contributed by atoms with Gasteiger partial charge >= 0.3 is 0 Å². The van der Waals surface area contributed by atoms with Crippen molar-refractivity contribution in [1.29, 1.82) is 0 Å². The van der Waals surface area contributed by atoms with Crippen LogP contribution >= 0.6 is 0 Å². The molecule has 0 radical (unpaired) electrons. The van der Waals surface area contributed by atoms with Crippen molar-refractivity contribution in [3.63, 3.8) is 0 Å². The van der Waals surface area contributed by atoms with Crippen molar-refractivity contribution in [3.8, 4) is 28.4 Å². The zero-order valence-corrected chi connectivity index (χ0v) is 13.0. The van der Waals surface area contributed by atoms with E-state index in [2.05, 4.69) is 28.5 Å². The van der Waals surface area contributed by atoms with E-state index < -0.39 is 0 Å². The first-order valence-electron chi connectivity index (χ1n) is 7.54. The molecule has 0 spiro atoms. The molecule has 0 atom stereocenters. The maximum Gasteiger partial charge on any atom is 0.160 e. The van der Waals surface area contributed by atoms with Gasteiger partial charge in [-0.15, -0.1) is 5.10 Å². The van der Waals surface area contributed by atoms with Gasteiger partial charge in [0.15, 0.2) is 11.5 Å². The molecule has 0 bridgehead atoms. The Balaban J connectivity index is 1.90. The Morgan fingerprint density at radius 1 is 1.00 bits per heavy atom. The van der Waals surface area contributed by atoms with Crippen LogP contribution in [0.1, 0.15) is 0 Å². The summed E-state index contributed by atoms with van der Waals surface area (Å²) in [6.07, 6.45) is 1.68. The number of nitrogens with zero attached hydrogens (tertiary/aromatic N) is 3. The van der Waals surface area contributed by atoms with E-state index in [-0.39, 0.29) is 5.75 Å². The van der Waals surface area contributed by atoms with Crippen molar-refractivity contribution in [2.24, 2.45) is 0 Å². The number of fused-ring (bicyclic) bond motifs is 1. The molecule has 4 aromatic rings. The molecule has 1 aromatic heterocycles. The minimum Gasteiger partial charge on any atom is -0.504 e. The average molecular weight is 317 g/mol. The molecule has 5 heteroatoms. The van der Waals surface area contributed by atoms with Gasteiger partial charge in [-0.2, -0.15) is 0 Å². The number of ether oxygens (including phenoxy) is 1. The lowest BCUT2D eigenvalue weighted by Crippen LogP contribution is -2.00. The molecule has 0 saturated carbocycles. The fourth-order valence-corrected chi connectivity index (χ4v) is 2.85. The van der Waals surface area contributed by atoms with Gasteiger partial charge < -0.3 is 9.84 Å². The van der Waals surface area contributed by atoms with Crippen LogP contribution < -0.4 is 4.74 Å². The van der Waals surface area contributed by atoms with Crippen LogP contribution in [0.5, 0.6) is 11.5 Å². The highest BCUT2D eigenvalue weighted by atomic mass is 16.5. The molecule has 0 aliphatic rings. The van der Waals surface area contributed by atoms with E-state index in [1.54, 1.807) is 23.0 Å². The first kappa shape index (κ1) is 14.3. The number of hydrogen-bond donors (Lipinski definition) is 1. The van der Waals surface area contributed by atoms with Crippen molar-refractivity contribution in [3.05, 3.63) is 66.9 Å². The number of rotatable bonds is 3. The number of hydrogen-bond acceptors (Lipinski definition) is 4. The van der Waals surface area contributed by atoms with Gasteiger partial charge in [-0.3, -0.25) is 0 Å². The molecular formula is C19H15N3O2. The highest BCUT2D eigenvalue weighted by molar-refractivity contribution is 5.90. The number of phenols is 1. The topological polar surface area (TPSA) is 60.2 Å². The number of aromatic nitrogens is 3. The number of phenolic OH excluding ortho intramolecular Hbond substituents is 1. The van der Waals surface area contributed by atoms with Crippen molar-refractivity contribution in [1.82, 2.24) is 15.0 Å². The predicted molar refractivity (Wildman–Crippen MR) is 92.5 cm³/mol. The van der Waals surface area contributed by atoms with Crippen LogP contribution in [0.25, 0.3) is 27.7 Å². The Bertz CT molecular complexity index is 1020. The molecule has 4 rings (SSSR count). The van der Waals surface area contributed by atoms with E-state index in [9.17, 15) is 5.11 Å². The van der Waals surface area contributed by atoms with E-state index in [1.807, 2.05) is 30.3 Å². The third kappa shape index (κ3) is 2.27. The quantitative estimate of drug-likeness (QED) is 0.624. The zero-order chi connectivity index (χ0) is 16.5. The van der Waals surface area contributed by atoms with Gasteiger partial charge in [0.1, 0.15) is 0 Å². The molecule has 1 N–H and O–H groups in total.